The molecule has 0 aliphatic carbocycles. The molecule has 1 aliphatic heterocycles. The SMILES string of the molecule is COc1ccccc1-c1csc2nc(-c3ccc4c(c3)OCCO4)c(CC#N)n12. The Hall–Kier alpha value is -3.50. The van der Waals surface area contributed by atoms with Gasteiger partial charge in [-0.3, -0.25) is 4.40 Å². The number of rotatable bonds is 4. The maximum Gasteiger partial charge on any atom is 0.195 e. The van der Waals surface area contributed by atoms with Crippen LogP contribution in [0.4, 0.5) is 0 Å². The number of para-hydroxylation sites is 1. The average Bonchev–Trinajstić information content (AvgIpc) is 3.34. The highest BCUT2D eigenvalue weighted by molar-refractivity contribution is 7.15. The highest BCUT2D eigenvalue weighted by Crippen LogP contribution is 2.39. The first kappa shape index (κ1) is 17.6. The van der Waals surface area contributed by atoms with E-state index in [9.17, 15) is 5.26 Å². The molecule has 6 nitrogen and oxygen atoms in total. The molecule has 144 valence electrons. The standard InChI is InChI=1S/C22H17N3O3S/c1-26-18-5-3-2-4-15(18)17-13-29-22-24-21(16(8-9-23)25(17)22)14-6-7-19-20(12-14)28-11-10-27-19/h2-7,12-13H,8,10-11H2,1H3. The van der Waals surface area contributed by atoms with Crippen molar-refractivity contribution >= 4 is 16.3 Å². The zero-order chi connectivity index (χ0) is 19.8. The number of thiazole rings is 1. The number of nitrogens with zero attached hydrogens (tertiary/aromatic N) is 3. The fraction of sp³-hybridized carbons (Fsp3) is 0.182. The summed E-state index contributed by atoms with van der Waals surface area (Å²) < 4.78 is 18.9. The van der Waals surface area contributed by atoms with Crippen LogP contribution in [0.5, 0.6) is 17.2 Å². The summed E-state index contributed by atoms with van der Waals surface area (Å²) in [5.41, 5.74) is 4.46. The van der Waals surface area contributed by atoms with Crippen LogP contribution in [0.25, 0.3) is 27.5 Å². The molecule has 0 unspecified atom stereocenters. The normalized spacial score (nSPS) is 12.7. The fourth-order valence-electron chi connectivity index (χ4n) is 3.62. The third kappa shape index (κ3) is 2.89. The lowest BCUT2D eigenvalue weighted by Crippen LogP contribution is -2.15. The number of benzene rings is 2. The van der Waals surface area contributed by atoms with E-state index in [0.29, 0.717) is 19.0 Å². The Bertz CT molecular complexity index is 1250. The summed E-state index contributed by atoms with van der Waals surface area (Å²) in [7, 11) is 1.66. The average molecular weight is 403 g/mol. The minimum absolute atomic E-state index is 0.240. The molecule has 4 aromatic rings. The quantitative estimate of drug-likeness (QED) is 0.499. The van der Waals surface area contributed by atoms with Crippen molar-refractivity contribution in [3.8, 4) is 45.8 Å². The first-order chi connectivity index (χ1) is 14.3. The number of nitriles is 1. The molecule has 5 rings (SSSR count). The monoisotopic (exact) mass is 403 g/mol. The molecule has 29 heavy (non-hydrogen) atoms. The molecule has 0 amide bonds. The van der Waals surface area contributed by atoms with Gasteiger partial charge in [0.15, 0.2) is 16.5 Å². The van der Waals surface area contributed by atoms with Gasteiger partial charge in [-0.25, -0.2) is 4.98 Å². The molecular formula is C22H17N3O3S. The van der Waals surface area contributed by atoms with Crippen molar-refractivity contribution in [3.63, 3.8) is 0 Å². The van der Waals surface area contributed by atoms with Crippen LogP contribution in [0.2, 0.25) is 0 Å². The van der Waals surface area contributed by atoms with Crippen molar-refractivity contribution in [3.05, 3.63) is 53.5 Å². The topological polar surface area (TPSA) is 68.8 Å². The van der Waals surface area contributed by atoms with Gasteiger partial charge < -0.3 is 14.2 Å². The van der Waals surface area contributed by atoms with Crippen molar-refractivity contribution < 1.29 is 14.2 Å². The highest BCUT2D eigenvalue weighted by Gasteiger charge is 2.22. The maximum atomic E-state index is 9.50. The van der Waals surface area contributed by atoms with Gasteiger partial charge in [0.1, 0.15) is 19.0 Å². The van der Waals surface area contributed by atoms with Crippen LogP contribution in [0.3, 0.4) is 0 Å². The first-order valence-electron chi connectivity index (χ1n) is 9.19. The number of methoxy groups -OCH3 is 1. The van der Waals surface area contributed by atoms with Gasteiger partial charge >= 0.3 is 0 Å². The van der Waals surface area contributed by atoms with Crippen molar-refractivity contribution in [2.75, 3.05) is 20.3 Å². The van der Waals surface area contributed by atoms with Crippen LogP contribution in [0.1, 0.15) is 5.69 Å². The van der Waals surface area contributed by atoms with Crippen molar-refractivity contribution in [2.24, 2.45) is 0 Å². The van der Waals surface area contributed by atoms with Crippen LogP contribution in [0.15, 0.2) is 47.8 Å². The summed E-state index contributed by atoms with van der Waals surface area (Å²) >= 11 is 1.54. The van der Waals surface area contributed by atoms with Crippen LogP contribution < -0.4 is 14.2 Å². The Kier molecular flexibility index (Phi) is 4.34. The van der Waals surface area contributed by atoms with Crippen molar-refractivity contribution in [1.29, 1.82) is 5.26 Å². The van der Waals surface area contributed by atoms with Crippen LogP contribution in [0, 0.1) is 11.3 Å². The van der Waals surface area contributed by atoms with E-state index in [-0.39, 0.29) is 6.42 Å². The van der Waals surface area contributed by atoms with Gasteiger partial charge in [-0.05, 0) is 30.3 Å². The molecule has 3 heterocycles. The van der Waals surface area contributed by atoms with E-state index in [2.05, 4.69) is 15.8 Å². The predicted molar refractivity (Wildman–Crippen MR) is 111 cm³/mol. The summed E-state index contributed by atoms with van der Waals surface area (Å²) in [6, 6.07) is 15.9. The zero-order valence-corrected chi connectivity index (χ0v) is 16.5. The third-order valence-electron chi connectivity index (χ3n) is 4.90. The van der Waals surface area contributed by atoms with E-state index < -0.39 is 0 Å². The molecule has 0 fully saturated rings. The van der Waals surface area contributed by atoms with E-state index in [1.165, 1.54) is 0 Å². The van der Waals surface area contributed by atoms with E-state index in [4.69, 9.17) is 19.2 Å². The molecule has 0 saturated carbocycles. The minimum Gasteiger partial charge on any atom is -0.496 e. The van der Waals surface area contributed by atoms with E-state index >= 15 is 0 Å². The van der Waals surface area contributed by atoms with Gasteiger partial charge in [-0.1, -0.05) is 12.1 Å². The Morgan fingerprint density at radius 3 is 2.83 bits per heavy atom. The van der Waals surface area contributed by atoms with E-state index in [0.717, 1.165) is 44.7 Å². The van der Waals surface area contributed by atoms with Gasteiger partial charge in [0.25, 0.3) is 0 Å². The zero-order valence-electron chi connectivity index (χ0n) is 15.7. The second kappa shape index (κ2) is 7.15. The molecule has 2 aromatic heterocycles. The van der Waals surface area contributed by atoms with E-state index in [1.807, 2.05) is 42.5 Å². The molecule has 7 heteroatoms. The molecule has 1 aliphatic rings. The van der Waals surface area contributed by atoms with Crippen LogP contribution in [-0.4, -0.2) is 29.7 Å². The lowest BCUT2D eigenvalue weighted by molar-refractivity contribution is 0.171. The number of fused-ring (bicyclic) bond motifs is 2. The number of ether oxygens (including phenoxy) is 3. The fourth-order valence-corrected chi connectivity index (χ4v) is 4.53. The van der Waals surface area contributed by atoms with Gasteiger partial charge in [-0.15, -0.1) is 11.3 Å². The summed E-state index contributed by atoms with van der Waals surface area (Å²) in [6.07, 6.45) is 0.240. The predicted octanol–water partition coefficient (Wildman–Crippen LogP) is 4.58. The Labute approximate surface area is 171 Å². The number of imidazole rings is 1. The first-order valence-corrected chi connectivity index (χ1v) is 10.1. The lowest BCUT2D eigenvalue weighted by Gasteiger charge is -2.18. The Morgan fingerprint density at radius 2 is 2.00 bits per heavy atom. The summed E-state index contributed by atoms with van der Waals surface area (Å²) in [5, 5.41) is 11.6. The molecule has 0 bridgehead atoms. The number of hydrogen-bond acceptors (Lipinski definition) is 6. The smallest absolute Gasteiger partial charge is 0.195 e. The Morgan fingerprint density at radius 1 is 1.17 bits per heavy atom. The molecule has 2 aromatic carbocycles. The summed E-state index contributed by atoms with van der Waals surface area (Å²) in [4.78, 5) is 5.68. The molecular weight excluding hydrogens is 386 g/mol. The Balaban J connectivity index is 1.71. The van der Waals surface area contributed by atoms with Gasteiger partial charge in [0, 0.05) is 16.5 Å². The van der Waals surface area contributed by atoms with Crippen LogP contribution >= 0.6 is 11.3 Å². The lowest BCUT2D eigenvalue weighted by atomic mass is 10.1. The highest BCUT2D eigenvalue weighted by atomic mass is 32.1. The molecule has 0 radical (unpaired) electrons. The largest absolute Gasteiger partial charge is 0.496 e. The third-order valence-corrected chi connectivity index (χ3v) is 5.73. The van der Waals surface area contributed by atoms with E-state index in [1.54, 1.807) is 18.4 Å². The van der Waals surface area contributed by atoms with Gasteiger partial charge in [-0.2, -0.15) is 5.26 Å². The van der Waals surface area contributed by atoms with Gasteiger partial charge in [0.2, 0.25) is 0 Å². The maximum absolute atomic E-state index is 9.50. The van der Waals surface area contributed by atoms with Crippen molar-refractivity contribution in [2.45, 2.75) is 6.42 Å². The molecule has 0 spiro atoms. The number of aromatic nitrogens is 2. The molecule has 0 N–H and O–H groups in total. The second-order valence-electron chi connectivity index (χ2n) is 6.54. The molecule has 0 atom stereocenters. The summed E-state index contributed by atoms with van der Waals surface area (Å²) in [6.45, 7) is 1.08. The van der Waals surface area contributed by atoms with Gasteiger partial charge in [0.05, 0.1) is 36.7 Å². The summed E-state index contributed by atoms with van der Waals surface area (Å²) in [5.74, 6) is 2.22. The van der Waals surface area contributed by atoms with Crippen molar-refractivity contribution in [1.82, 2.24) is 9.38 Å². The molecule has 0 saturated heterocycles. The number of hydrogen-bond donors (Lipinski definition) is 0. The van der Waals surface area contributed by atoms with Crippen LogP contribution in [-0.2, 0) is 6.42 Å². The second-order valence-corrected chi connectivity index (χ2v) is 7.38. The minimum atomic E-state index is 0.240.